The number of aliphatic hydroxyl groups excluding tert-OH is 1. The lowest BCUT2D eigenvalue weighted by molar-refractivity contribution is -0.228. The predicted octanol–water partition coefficient (Wildman–Crippen LogP) is 6.23. The second-order valence-electron chi connectivity index (χ2n) is 14.7. The lowest BCUT2D eigenvalue weighted by atomic mass is 9.59. The summed E-state index contributed by atoms with van der Waals surface area (Å²) in [5.74, 6) is -3.12. The highest BCUT2D eigenvalue weighted by molar-refractivity contribution is 6.04. The number of carbonyl (C=O) groups is 2. The Balaban J connectivity index is 1.46. The molecule has 7 nitrogen and oxygen atoms in total. The molecule has 0 aromatic carbocycles. The molecule has 0 bridgehead atoms. The monoisotopic (exact) mass is 602 g/mol. The summed E-state index contributed by atoms with van der Waals surface area (Å²) in [7, 11) is 0. The van der Waals surface area contributed by atoms with Crippen LogP contribution in [-0.2, 0) is 19.1 Å². The van der Waals surface area contributed by atoms with E-state index in [0.717, 1.165) is 12.8 Å². The van der Waals surface area contributed by atoms with E-state index in [1.165, 1.54) is 71.1 Å². The Morgan fingerprint density at radius 3 is 2.05 bits per heavy atom. The molecular formula is C36H58O7. The summed E-state index contributed by atoms with van der Waals surface area (Å²) >= 11 is 0. The first kappa shape index (κ1) is 34.3. The van der Waals surface area contributed by atoms with Crippen LogP contribution >= 0.6 is 0 Å². The zero-order chi connectivity index (χ0) is 31.6. The molecule has 7 heteroatoms. The maximum atomic E-state index is 13.2. The van der Waals surface area contributed by atoms with Gasteiger partial charge in [-0.1, -0.05) is 110 Å². The summed E-state index contributed by atoms with van der Waals surface area (Å²) in [6, 6.07) is 0. The van der Waals surface area contributed by atoms with Gasteiger partial charge in [0.2, 0.25) is 0 Å². The van der Waals surface area contributed by atoms with Gasteiger partial charge in [0.15, 0.2) is 5.78 Å². The molecule has 0 spiro atoms. The summed E-state index contributed by atoms with van der Waals surface area (Å²) in [6.07, 6.45) is 17.9. The van der Waals surface area contributed by atoms with Gasteiger partial charge in [-0.05, 0) is 24.5 Å². The van der Waals surface area contributed by atoms with E-state index in [4.69, 9.17) is 9.47 Å². The highest BCUT2D eigenvalue weighted by Gasteiger charge is 2.86. The summed E-state index contributed by atoms with van der Waals surface area (Å²) < 4.78 is 12.8. The molecule has 0 heterocycles. The lowest BCUT2D eigenvalue weighted by Crippen LogP contribution is -2.66. The van der Waals surface area contributed by atoms with Crippen LogP contribution in [0.5, 0.6) is 0 Å². The molecule has 4 rings (SSSR count). The number of hydrogen-bond donors (Lipinski definition) is 3. The molecule has 2 fully saturated rings. The number of fused-ring (bicyclic) bond motifs is 5. The van der Waals surface area contributed by atoms with Gasteiger partial charge < -0.3 is 24.8 Å². The maximum Gasteiger partial charge on any atom is 0.303 e. The van der Waals surface area contributed by atoms with Crippen molar-refractivity contribution in [1.82, 2.24) is 0 Å². The van der Waals surface area contributed by atoms with Gasteiger partial charge in [0.25, 0.3) is 0 Å². The van der Waals surface area contributed by atoms with Crippen LogP contribution in [0.15, 0.2) is 23.3 Å². The fraction of sp³-hybridized carbons (Fsp3) is 0.833. The quantitative estimate of drug-likeness (QED) is 0.109. The number of ether oxygens (including phenoxy) is 2. The van der Waals surface area contributed by atoms with Gasteiger partial charge in [-0.15, -0.1) is 0 Å². The number of ketones is 1. The molecule has 0 aromatic heterocycles. The minimum absolute atomic E-state index is 0.0372. The molecule has 244 valence electrons. The molecule has 0 saturated heterocycles. The summed E-state index contributed by atoms with van der Waals surface area (Å²) in [5.41, 5.74) is -3.75. The first-order chi connectivity index (χ1) is 20.3. The van der Waals surface area contributed by atoms with Crippen LogP contribution in [0.3, 0.4) is 0 Å². The average molecular weight is 603 g/mol. The normalized spacial score (nSPS) is 37.5. The van der Waals surface area contributed by atoms with Crippen molar-refractivity contribution in [3.05, 3.63) is 23.3 Å². The largest absolute Gasteiger partial charge is 0.459 e. The van der Waals surface area contributed by atoms with Crippen LogP contribution in [0, 0.1) is 29.1 Å². The fourth-order valence-electron chi connectivity index (χ4n) is 9.29. The van der Waals surface area contributed by atoms with Crippen LogP contribution < -0.4 is 0 Å². The van der Waals surface area contributed by atoms with E-state index in [1.807, 2.05) is 13.0 Å². The Morgan fingerprint density at radius 1 is 0.953 bits per heavy atom. The van der Waals surface area contributed by atoms with Crippen LogP contribution in [0.4, 0.5) is 0 Å². The third kappa shape index (κ3) is 5.93. The molecule has 4 aliphatic carbocycles. The third-order valence-electron chi connectivity index (χ3n) is 11.6. The topological polar surface area (TPSA) is 113 Å². The highest BCUT2D eigenvalue weighted by Crippen LogP contribution is 2.77. The average Bonchev–Trinajstić information content (AvgIpc) is 3.39. The molecular weight excluding hydrogens is 544 g/mol. The molecule has 8 atom stereocenters. The van der Waals surface area contributed by atoms with Crippen molar-refractivity contribution in [3.63, 3.8) is 0 Å². The third-order valence-corrected chi connectivity index (χ3v) is 11.6. The number of esters is 1. The lowest BCUT2D eigenvalue weighted by Gasteiger charge is -2.53. The van der Waals surface area contributed by atoms with E-state index in [2.05, 4.69) is 20.8 Å². The Kier molecular flexibility index (Phi) is 10.7. The Hall–Kier alpha value is -1.54. The van der Waals surface area contributed by atoms with E-state index < -0.39 is 57.8 Å². The number of hydrogen-bond acceptors (Lipinski definition) is 7. The van der Waals surface area contributed by atoms with Gasteiger partial charge in [-0.3, -0.25) is 9.59 Å². The summed E-state index contributed by atoms with van der Waals surface area (Å²) in [6.45, 7) is 11.6. The van der Waals surface area contributed by atoms with E-state index in [9.17, 15) is 24.9 Å². The van der Waals surface area contributed by atoms with Gasteiger partial charge in [-0.2, -0.15) is 0 Å². The van der Waals surface area contributed by atoms with Crippen molar-refractivity contribution >= 4 is 11.8 Å². The van der Waals surface area contributed by atoms with Crippen LogP contribution in [-0.4, -0.2) is 63.2 Å². The molecule has 0 radical (unpaired) electrons. The van der Waals surface area contributed by atoms with E-state index >= 15 is 0 Å². The molecule has 0 unspecified atom stereocenters. The molecule has 43 heavy (non-hydrogen) atoms. The number of unbranched alkanes of at least 4 members (excludes halogenated alkanes) is 11. The van der Waals surface area contributed by atoms with Crippen molar-refractivity contribution in [2.45, 2.75) is 148 Å². The number of rotatable bonds is 16. The second-order valence-corrected chi connectivity index (χ2v) is 14.7. The second kappa shape index (κ2) is 13.4. The standard InChI is InChI=1S/C36H58O7/c1-7-8-9-10-11-12-13-14-15-16-17-18-19-42-36-30(33(36,5)6)28-21-27(23-37)22-34(40)29(20-24(2)31(34)39)35(28,41)25(3)32(36)43-26(4)38/h20-21,25,28-30,32,37,40-41H,7-19,22-23H2,1-6H3/t25-,28+,29-,30-,32-,34-,35-,36-/m1/s1. The van der Waals surface area contributed by atoms with E-state index in [1.54, 1.807) is 13.0 Å². The molecule has 3 N–H and O–H groups in total. The van der Waals surface area contributed by atoms with Crippen LogP contribution in [0.25, 0.3) is 0 Å². The molecule has 0 aliphatic heterocycles. The first-order valence-corrected chi connectivity index (χ1v) is 17.1. The molecule has 2 saturated carbocycles. The summed E-state index contributed by atoms with van der Waals surface area (Å²) in [4.78, 5) is 25.7. The van der Waals surface area contributed by atoms with Gasteiger partial charge in [0, 0.05) is 49.0 Å². The fourth-order valence-corrected chi connectivity index (χ4v) is 9.29. The van der Waals surface area contributed by atoms with E-state index in [0.29, 0.717) is 17.8 Å². The Labute approximate surface area is 259 Å². The zero-order valence-corrected chi connectivity index (χ0v) is 27.6. The van der Waals surface area contributed by atoms with Crippen molar-refractivity contribution in [2.75, 3.05) is 13.2 Å². The smallest absolute Gasteiger partial charge is 0.303 e. The van der Waals surface area contributed by atoms with Crippen molar-refractivity contribution in [2.24, 2.45) is 29.1 Å². The van der Waals surface area contributed by atoms with Gasteiger partial charge in [0.1, 0.15) is 17.3 Å². The molecule has 4 aliphatic rings. The van der Waals surface area contributed by atoms with Crippen molar-refractivity contribution in [3.8, 4) is 0 Å². The SMILES string of the molecule is CCCCCCCCCCCCCCO[C@@]12[C@H](OC(C)=O)[C@@H](C)[C@@]3(O)[C@@H](C=C(CO)C[C@]4(O)C(=O)C(C)=C[C@@H]34)[C@@H]1C2(C)C. The van der Waals surface area contributed by atoms with Crippen LogP contribution in [0.1, 0.15) is 125 Å². The molecule has 0 aromatic rings. The minimum Gasteiger partial charge on any atom is -0.459 e. The van der Waals surface area contributed by atoms with Crippen LogP contribution in [0.2, 0.25) is 0 Å². The van der Waals surface area contributed by atoms with E-state index in [-0.39, 0.29) is 18.9 Å². The maximum absolute atomic E-state index is 13.2. The first-order valence-electron chi connectivity index (χ1n) is 17.1. The molecule has 0 amide bonds. The Morgan fingerprint density at radius 2 is 1.51 bits per heavy atom. The van der Waals surface area contributed by atoms with Crippen molar-refractivity contribution in [1.29, 1.82) is 0 Å². The van der Waals surface area contributed by atoms with Gasteiger partial charge in [-0.25, -0.2) is 0 Å². The Bertz CT molecular complexity index is 1080. The number of Topliss-reactive ketones (excluding diaryl/α,β-unsaturated/α-hetero) is 1. The van der Waals surface area contributed by atoms with Gasteiger partial charge >= 0.3 is 5.97 Å². The van der Waals surface area contributed by atoms with Crippen molar-refractivity contribution < 1.29 is 34.4 Å². The highest BCUT2D eigenvalue weighted by atomic mass is 16.6. The predicted molar refractivity (Wildman–Crippen MR) is 167 cm³/mol. The summed E-state index contributed by atoms with van der Waals surface area (Å²) in [5, 5.41) is 34.8. The zero-order valence-electron chi connectivity index (χ0n) is 27.6. The van der Waals surface area contributed by atoms with Gasteiger partial charge in [0.05, 0.1) is 12.2 Å². The number of aliphatic hydroxyl groups is 3. The number of carbonyl (C=O) groups excluding carboxylic acids is 2. The minimum atomic E-state index is -1.86.